The lowest BCUT2D eigenvalue weighted by atomic mass is 10.2. The van der Waals surface area contributed by atoms with Gasteiger partial charge in [-0.3, -0.25) is 4.79 Å². The summed E-state index contributed by atoms with van der Waals surface area (Å²) < 4.78 is 26.0. The van der Waals surface area contributed by atoms with Crippen LogP contribution < -0.4 is 5.32 Å². The molecule has 0 aliphatic carbocycles. The predicted octanol–water partition coefficient (Wildman–Crippen LogP) is 4.43. The fraction of sp³-hybridized carbons (Fsp3) is 0.176. The number of nitrogens with zero attached hydrogens (tertiary/aromatic N) is 1. The molecule has 0 saturated heterocycles. The number of aromatic nitrogens is 1. The summed E-state index contributed by atoms with van der Waals surface area (Å²) in [5.41, 5.74) is 1.08. The van der Waals surface area contributed by atoms with Gasteiger partial charge in [-0.25, -0.2) is 13.8 Å². The van der Waals surface area contributed by atoms with E-state index in [1.807, 2.05) is 24.4 Å². The number of carbonyl (C=O) groups excluding carboxylic acids is 1. The van der Waals surface area contributed by atoms with Crippen LogP contribution in [0.3, 0.4) is 0 Å². The number of nitrogens with one attached hydrogen (secondary N) is 1. The fourth-order valence-electron chi connectivity index (χ4n) is 2.17. The minimum absolute atomic E-state index is 0.110. The van der Waals surface area contributed by atoms with E-state index in [0.29, 0.717) is 13.0 Å². The molecular formula is C17H14F2N2OS2. The van der Waals surface area contributed by atoms with Crippen LogP contribution in [0.25, 0.3) is 10.6 Å². The SMILES string of the molecule is Cc1nc(-c2ccc(CCNC(=O)c3ccc(F)c(F)c3)s2)cs1. The van der Waals surface area contributed by atoms with Crippen molar-refractivity contribution in [2.24, 2.45) is 0 Å². The second-order valence-corrected chi connectivity index (χ2v) is 7.38. The molecule has 7 heteroatoms. The maximum atomic E-state index is 13.1. The molecule has 1 N–H and O–H groups in total. The summed E-state index contributed by atoms with van der Waals surface area (Å²) in [7, 11) is 0. The quantitative estimate of drug-likeness (QED) is 0.728. The third-order valence-corrected chi connectivity index (χ3v) is 5.31. The van der Waals surface area contributed by atoms with Gasteiger partial charge in [-0.05, 0) is 43.7 Å². The van der Waals surface area contributed by atoms with E-state index in [2.05, 4.69) is 10.3 Å². The zero-order valence-corrected chi connectivity index (χ0v) is 14.4. The molecule has 2 heterocycles. The van der Waals surface area contributed by atoms with Crippen LogP contribution in [0.2, 0.25) is 0 Å². The number of hydrogen-bond donors (Lipinski definition) is 1. The van der Waals surface area contributed by atoms with Gasteiger partial charge in [-0.2, -0.15) is 0 Å². The summed E-state index contributed by atoms with van der Waals surface area (Å²) in [6, 6.07) is 7.15. The molecule has 0 saturated carbocycles. The lowest BCUT2D eigenvalue weighted by Gasteiger charge is -2.04. The van der Waals surface area contributed by atoms with Crippen molar-refractivity contribution in [2.45, 2.75) is 13.3 Å². The number of halogens is 2. The van der Waals surface area contributed by atoms with E-state index in [-0.39, 0.29) is 5.56 Å². The lowest BCUT2D eigenvalue weighted by Crippen LogP contribution is -2.25. The van der Waals surface area contributed by atoms with Crippen molar-refractivity contribution in [3.05, 3.63) is 62.8 Å². The van der Waals surface area contributed by atoms with Gasteiger partial charge in [0.25, 0.3) is 5.91 Å². The lowest BCUT2D eigenvalue weighted by molar-refractivity contribution is 0.0953. The highest BCUT2D eigenvalue weighted by atomic mass is 32.1. The molecule has 3 nitrogen and oxygen atoms in total. The standard InChI is InChI=1S/C17H14F2N2OS2/c1-10-21-15(9-23-10)16-5-3-12(24-16)6-7-20-17(22)11-2-4-13(18)14(19)8-11/h2-5,8-9H,6-7H2,1H3,(H,20,22). The number of carbonyl (C=O) groups is 1. The van der Waals surface area contributed by atoms with Crippen LogP contribution in [-0.2, 0) is 6.42 Å². The molecule has 124 valence electrons. The first-order valence-electron chi connectivity index (χ1n) is 7.27. The number of aryl methyl sites for hydroxylation is 1. The van der Waals surface area contributed by atoms with Gasteiger partial charge in [-0.15, -0.1) is 22.7 Å². The monoisotopic (exact) mass is 364 g/mol. The third-order valence-electron chi connectivity index (χ3n) is 3.37. The van der Waals surface area contributed by atoms with Gasteiger partial charge >= 0.3 is 0 Å². The maximum absolute atomic E-state index is 13.1. The van der Waals surface area contributed by atoms with Gasteiger partial charge in [0.05, 0.1) is 15.6 Å². The van der Waals surface area contributed by atoms with Gasteiger partial charge in [0.1, 0.15) is 0 Å². The van der Waals surface area contributed by atoms with Gasteiger partial charge in [0.2, 0.25) is 0 Å². The Morgan fingerprint density at radius 3 is 2.75 bits per heavy atom. The molecule has 1 amide bonds. The molecule has 24 heavy (non-hydrogen) atoms. The normalized spacial score (nSPS) is 10.8. The second-order valence-electron chi connectivity index (χ2n) is 5.15. The minimum Gasteiger partial charge on any atom is -0.352 e. The first kappa shape index (κ1) is 16.7. The topological polar surface area (TPSA) is 42.0 Å². The Morgan fingerprint density at radius 2 is 2.04 bits per heavy atom. The van der Waals surface area contributed by atoms with Crippen LogP contribution in [0.1, 0.15) is 20.2 Å². The number of amides is 1. The zero-order chi connectivity index (χ0) is 17.1. The molecule has 0 unspecified atom stereocenters. The maximum Gasteiger partial charge on any atom is 0.251 e. The molecule has 0 aliphatic rings. The molecule has 0 radical (unpaired) electrons. The van der Waals surface area contributed by atoms with E-state index in [4.69, 9.17) is 0 Å². The molecule has 3 aromatic rings. The summed E-state index contributed by atoms with van der Waals surface area (Å²) in [5.74, 6) is -2.40. The first-order chi connectivity index (χ1) is 11.5. The van der Waals surface area contributed by atoms with Crippen molar-refractivity contribution in [1.29, 1.82) is 0 Å². The van der Waals surface area contributed by atoms with E-state index in [1.54, 1.807) is 22.7 Å². The van der Waals surface area contributed by atoms with E-state index >= 15 is 0 Å². The summed E-state index contributed by atoms with van der Waals surface area (Å²) in [6.07, 6.45) is 0.670. The molecule has 1 aromatic carbocycles. The van der Waals surface area contributed by atoms with Crippen LogP contribution in [0.5, 0.6) is 0 Å². The van der Waals surface area contributed by atoms with Gasteiger partial charge in [0, 0.05) is 22.4 Å². The average Bonchev–Trinajstić information content (AvgIpc) is 3.19. The van der Waals surface area contributed by atoms with Crippen molar-refractivity contribution in [1.82, 2.24) is 10.3 Å². The Balaban J connectivity index is 1.55. The van der Waals surface area contributed by atoms with E-state index < -0.39 is 17.5 Å². The van der Waals surface area contributed by atoms with Gasteiger partial charge in [-0.1, -0.05) is 0 Å². The number of hydrogen-bond acceptors (Lipinski definition) is 4. The van der Waals surface area contributed by atoms with Crippen molar-refractivity contribution in [3.8, 4) is 10.6 Å². The van der Waals surface area contributed by atoms with E-state index in [1.165, 1.54) is 6.07 Å². The summed E-state index contributed by atoms with van der Waals surface area (Å²) in [4.78, 5) is 18.6. The van der Waals surface area contributed by atoms with Crippen molar-refractivity contribution in [2.75, 3.05) is 6.54 Å². The molecule has 0 bridgehead atoms. The Bertz CT molecular complexity index is 873. The highest BCUT2D eigenvalue weighted by Gasteiger charge is 2.10. The van der Waals surface area contributed by atoms with Crippen LogP contribution in [0.4, 0.5) is 8.78 Å². The molecule has 2 aromatic heterocycles. The largest absolute Gasteiger partial charge is 0.352 e. The van der Waals surface area contributed by atoms with Crippen LogP contribution in [0.15, 0.2) is 35.7 Å². The molecule has 0 aliphatic heterocycles. The van der Waals surface area contributed by atoms with Crippen molar-refractivity contribution in [3.63, 3.8) is 0 Å². The summed E-state index contributed by atoms with van der Waals surface area (Å²) in [6.45, 7) is 2.39. The van der Waals surface area contributed by atoms with Crippen molar-refractivity contribution >= 4 is 28.6 Å². The number of benzene rings is 1. The zero-order valence-electron chi connectivity index (χ0n) is 12.8. The van der Waals surface area contributed by atoms with E-state index in [0.717, 1.165) is 32.6 Å². The predicted molar refractivity (Wildman–Crippen MR) is 92.6 cm³/mol. The fourth-order valence-corrected chi connectivity index (χ4v) is 3.82. The van der Waals surface area contributed by atoms with Crippen LogP contribution >= 0.6 is 22.7 Å². The smallest absolute Gasteiger partial charge is 0.251 e. The molecule has 3 rings (SSSR count). The van der Waals surface area contributed by atoms with Crippen LogP contribution in [-0.4, -0.2) is 17.4 Å². The Hall–Kier alpha value is -2.12. The summed E-state index contributed by atoms with van der Waals surface area (Å²) >= 11 is 3.25. The summed E-state index contributed by atoms with van der Waals surface area (Å²) in [5, 5.41) is 5.76. The number of thiazole rings is 1. The van der Waals surface area contributed by atoms with Gasteiger partial charge in [0.15, 0.2) is 11.6 Å². The Labute approximate surface area is 146 Å². The highest BCUT2D eigenvalue weighted by Crippen LogP contribution is 2.29. The van der Waals surface area contributed by atoms with E-state index in [9.17, 15) is 13.6 Å². The Morgan fingerprint density at radius 1 is 1.21 bits per heavy atom. The second kappa shape index (κ2) is 7.19. The first-order valence-corrected chi connectivity index (χ1v) is 8.97. The molecule has 0 atom stereocenters. The number of thiophene rings is 1. The Kier molecular flexibility index (Phi) is 5.01. The van der Waals surface area contributed by atoms with Crippen LogP contribution in [0, 0.1) is 18.6 Å². The minimum atomic E-state index is -1.02. The number of rotatable bonds is 5. The van der Waals surface area contributed by atoms with Gasteiger partial charge < -0.3 is 5.32 Å². The molecular weight excluding hydrogens is 350 g/mol. The average molecular weight is 364 g/mol. The molecule has 0 fully saturated rings. The van der Waals surface area contributed by atoms with Crippen molar-refractivity contribution < 1.29 is 13.6 Å². The highest BCUT2D eigenvalue weighted by molar-refractivity contribution is 7.16. The molecule has 0 spiro atoms. The third kappa shape index (κ3) is 3.85.